The molecule has 0 atom stereocenters. The minimum absolute atomic E-state index is 0.192. The highest BCUT2D eigenvalue weighted by molar-refractivity contribution is 5.77. The molecule has 6 heteroatoms. The van der Waals surface area contributed by atoms with Crippen LogP contribution in [0.3, 0.4) is 0 Å². The first-order valence-electron chi connectivity index (χ1n) is 5.12. The Hall–Kier alpha value is -1.56. The lowest BCUT2D eigenvalue weighted by Gasteiger charge is -2.01. The van der Waals surface area contributed by atoms with Crippen LogP contribution in [-0.4, -0.2) is 45.0 Å². The summed E-state index contributed by atoms with van der Waals surface area (Å²) in [7, 11) is 0. The number of hydrogen-bond donors (Lipinski definition) is 0. The summed E-state index contributed by atoms with van der Waals surface area (Å²) < 4.78 is 19.8. The van der Waals surface area contributed by atoms with Gasteiger partial charge in [-0.2, -0.15) is 0 Å². The number of rotatable bonds is 5. The van der Waals surface area contributed by atoms with E-state index >= 15 is 0 Å². The Balaban J connectivity index is 1.56. The summed E-state index contributed by atoms with van der Waals surface area (Å²) in [4.78, 5) is 14.7. The van der Waals surface area contributed by atoms with E-state index in [4.69, 9.17) is 14.2 Å². The fraction of sp³-hybridized carbons (Fsp3) is 0.600. The lowest BCUT2D eigenvalue weighted by molar-refractivity contribution is 0.135. The molecule has 16 heavy (non-hydrogen) atoms. The highest BCUT2D eigenvalue weighted by atomic mass is 16.8. The minimum Gasteiger partial charge on any atom is -0.479 e. The molecule has 0 saturated carbocycles. The van der Waals surface area contributed by atoms with Crippen LogP contribution in [0, 0.1) is 0 Å². The van der Waals surface area contributed by atoms with Crippen LogP contribution in [0.2, 0.25) is 0 Å². The zero-order chi connectivity index (χ0) is 11.2. The van der Waals surface area contributed by atoms with Crippen LogP contribution in [-0.2, 0) is 18.9 Å². The van der Waals surface area contributed by atoms with Gasteiger partial charge in [0, 0.05) is 6.42 Å². The first kappa shape index (κ1) is 10.9. The molecule has 2 aliphatic heterocycles. The van der Waals surface area contributed by atoms with Crippen LogP contribution in [0.4, 0.5) is 4.79 Å². The van der Waals surface area contributed by atoms with E-state index in [1.807, 2.05) is 0 Å². The van der Waals surface area contributed by atoms with Gasteiger partial charge in [0.05, 0.1) is 19.8 Å². The Kier molecular flexibility index (Phi) is 3.76. The Bertz CT molecular complexity index is 323. The lowest BCUT2D eigenvalue weighted by atomic mass is 10.4. The third-order valence-electron chi connectivity index (χ3n) is 2.08. The van der Waals surface area contributed by atoms with Gasteiger partial charge in [-0.3, -0.25) is 4.99 Å². The molecule has 2 aliphatic rings. The maximum atomic E-state index is 10.6. The van der Waals surface area contributed by atoms with Crippen LogP contribution < -0.4 is 0 Å². The largest absolute Gasteiger partial charge is 0.514 e. The Morgan fingerprint density at radius 2 is 2.38 bits per heavy atom. The number of carbonyl (C=O) groups is 1. The van der Waals surface area contributed by atoms with E-state index in [1.165, 1.54) is 0 Å². The standard InChI is InChI=1S/C10H13NO5/c12-10-15-7-8(16-10)1-4-13-5-2-9-11-3-6-14-9/h1H,2-7H2. The zero-order valence-corrected chi connectivity index (χ0v) is 8.81. The number of aliphatic imine (C=N–C) groups is 1. The Morgan fingerprint density at radius 1 is 1.44 bits per heavy atom. The molecular formula is C10H13NO5. The summed E-state index contributed by atoms with van der Waals surface area (Å²) in [6.07, 6.45) is 1.71. The number of nitrogens with zero attached hydrogens (tertiary/aromatic N) is 1. The molecule has 1 saturated heterocycles. The highest BCUT2D eigenvalue weighted by Crippen LogP contribution is 2.09. The van der Waals surface area contributed by atoms with Gasteiger partial charge in [-0.1, -0.05) is 0 Å². The summed E-state index contributed by atoms with van der Waals surface area (Å²) >= 11 is 0. The summed E-state index contributed by atoms with van der Waals surface area (Å²) in [6.45, 7) is 2.54. The fourth-order valence-electron chi connectivity index (χ4n) is 1.32. The Morgan fingerprint density at radius 3 is 3.06 bits per heavy atom. The van der Waals surface area contributed by atoms with Gasteiger partial charge in [0.2, 0.25) is 0 Å². The molecule has 0 spiro atoms. The van der Waals surface area contributed by atoms with Crippen molar-refractivity contribution in [3.8, 4) is 0 Å². The van der Waals surface area contributed by atoms with Gasteiger partial charge in [-0.25, -0.2) is 4.79 Å². The molecule has 2 rings (SSSR count). The molecule has 0 amide bonds. The van der Waals surface area contributed by atoms with Gasteiger partial charge in [-0.15, -0.1) is 0 Å². The fourth-order valence-corrected chi connectivity index (χ4v) is 1.32. The molecule has 0 N–H and O–H groups in total. The van der Waals surface area contributed by atoms with Crippen molar-refractivity contribution >= 4 is 12.1 Å². The maximum Gasteiger partial charge on any atom is 0.514 e. The van der Waals surface area contributed by atoms with E-state index < -0.39 is 6.16 Å². The molecule has 0 bridgehead atoms. The molecule has 0 radical (unpaired) electrons. The van der Waals surface area contributed by atoms with Crippen LogP contribution in [0.1, 0.15) is 6.42 Å². The lowest BCUT2D eigenvalue weighted by Crippen LogP contribution is -2.05. The average Bonchev–Trinajstić information content (AvgIpc) is 2.89. The van der Waals surface area contributed by atoms with Gasteiger partial charge in [0.25, 0.3) is 0 Å². The first-order chi connectivity index (χ1) is 7.84. The molecular weight excluding hydrogens is 214 g/mol. The molecule has 1 fully saturated rings. The smallest absolute Gasteiger partial charge is 0.479 e. The highest BCUT2D eigenvalue weighted by Gasteiger charge is 2.17. The van der Waals surface area contributed by atoms with Crippen molar-refractivity contribution in [1.29, 1.82) is 0 Å². The first-order valence-corrected chi connectivity index (χ1v) is 5.12. The number of ether oxygens (including phenoxy) is 4. The van der Waals surface area contributed by atoms with Crippen molar-refractivity contribution in [3.05, 3.63) is 11.8 Å². The molecule has 0 unspecified atom stereocenters. The van der Waals surface area contributed by atoms with E-state index in [-0.39, 0.29) is 6.61 Å². The second kappa shape index (κ2) is 5.50. The van der Waals surface area contributed by atoms with E-state index in [0.29, 0.717) is 32.0 Å². The van der Waals surface area contributed by atoms with Crippen molar-refractivity contribution in [2.75, 3.05) is 33.0 Å². The molecule has 0 aromatic heterocycles. The van der Waals surface area contributed by atoms with E-state index in [9.17, 15) is 4.79 Å². The molecule has 0 aromatic rings. The van der Waals surface area contributed by atoms with Gasteiger partial charge in [-0.05, 0) is 6.08 Å². The topological polar surface area (TPSA) is 66.4 Å². The van der Waals surface area contributed by atoms with Crippen LogP contribution in [0.25, 0.3) is 0 Å². The van der Waals surface area contributed by atoms with Crippen molar-refractivity contribution in [2.45, 2.75) is 6.42 Å². The summed E-state index contributed by atoms with van der Waals surface area (Å²) in [6, 6.07) is 0. The second-order valence-corrected chi connectivity index (χ2v) is 3.26. The number of cyclic esters (lactones) is 2. The minimum atomic E-state index is -0.653. The molecule has 0 aromatic carbocycles. The third kappa shape index (κ3) is 3.23. The average molecular weight is 227 g/mol. The molecule has 88 valence electrons. The third-order valence-corrected chi connectivity index (χ3v) is 2.08. The molecule has 0 aliphatic carbocycles. The normalized spacial score (nSPS) is 21.6. The van der Waals surface area contributed by atoms with Crippen molar-refractivity contribution in [1.82, 2.24) is 0 Å². The SMILES string of the molecule is O=C1OCC(=CCOCCC2=NCCO2)O1. The van der Waals surface area contributed by atoms with E-state index in [2.05, 4.69) is 9.73 Å². The van der Waals surface area contributed by atoms with Gasteiger partial charge in [0.1, 0.15) is 12.4 Å². The number of hydrogen-bond acceptors (Lipinski definition) is 6. The summed E-state index contributed by atoms with van der Waals surface area (Å²) in [5.41, 5.74) is 0. The predicted molar refractivity (Wildman–Crippen MR) is 54.2 cm³/mol. The number of carbonyl (C=O) groups excluding carboxylic acids is 1. The maximum absolute atomic E-state index is 10.6. The van der Waals surface area contributed by atoms with Crippen molar-refractivity contribution in [2.24, 2.45) is 4.99 Å². The molecule has 6 nitrogen and oxygen atoms in total. The van der Waals surface area contributed by atoms with Crippen LogP contribution in [0.5, 0.6) is 0 Å². The summed E-state index contributed by atoms with van der Waals surface area (Å²) in [5.74, 6) is 1.25. The predicted octanol–water partition coefficient (Wildman–Crippen LogP) is 0.873. The monoisotopic (exact) mass is 227 g/mol. The van der Waals surface area contributed by atoms with Crippen molar-refractivity contribution < 1.29 is 23.7 Å². The summed E-state index contributed by atoms with van der Waals surface area (Å²) in [5, 5.41) is 0. The quantitative estimate of drug-likeness (QED) is 0.515. The zero-order valence-electron chi connectivity index (χ0n) is 8.81. The Labute approximate surface area is 92.8 Å². The van der Waals surface area contributed by atoms with E-state index in [1.54, 1.807) is 6.08 Å². The van der Waals surface area contributed by atoms with Crippen molar-refractivity contribution in [3.63, 3.8) is 0 Å². The van der Waals surface area contributed by atoms with Crippen LogP contribution in [0.15, 0.2) is 16.8 Å². The van der Waals surface area contributed by atoms with Crippen LogP contribution >= 0.6 is 0 Å². The second-order valence-electron chi connectivity index (χ2n) is 3.26. The van der Waals surface area contributed by atoms with Gasteiger partial charge >= 0.3 is 6.16 Å². The van der Waals surface area contributed by atoms with Gasteiger partial charge < -0.3 is 18.9 Å². The van der Waals surface area contributed by atoms with E-state index in [0.717, 1.165) is 12.4 Å². The molecule has 2 heterocycles. The van der Waals surface area contributed by atoms with Gasteiger partial charge in [0.15, 0.2) is 12.5 Å².